The number of hydrogen-bond donors (Lipinski definition) is 1. The summed E-state index contributed by atoms with van der Waals surface area (Å²) in [6, 6.07) is 4.75. The van der Waals surface area contributed by atoms with E-state index in [9.17, 15) is 4.39 Å². The number of aromatic nitrogens is 2. The van der Waals surface area contributed by atoms with Crippen LogP contribution in [0, 0.1) is 16.3 Å². The third-order valence-electron chi connectivity index (χ3n) is 2.58. The highest BCUT2D eigenvalue weighted by Crippen LogP contribution is 2.23. The Labute approximate surface area is 119 Å². The van der Waals surface area contributed by atoms with E-state index in [1.54, 1.807) is 0 Å². The zero-order chi connectivity index (χ0) is 13.3. The van der Waals surface area contributed by atoms with E-state index in [0.717, 1.165) is 21.2 Å². The van der Waals surface area contributed by atoms with Gasteiger partial charge in [-0.1, -0.05) is 6.92 Å². The average Bonchev–Trinajstić information content (AvgIpc) is 2.31. The molecule has 3 nitrogen and oxygen atoms in total. The van der Waals surface area contributed by atoms with Crippen LogP contribution in [-0.2, 0) is 6.42 Å². The maximum atomic E-state index is 13.4. The van der Waals surface area contributed by atoms with E-state index in [4.69, 9.17) is 5.73 Å². The molecule has 1 aromatic carbocycles. The molecule has 2 aromatic rings. The Morgan fingerprint density at radius 3 is 2.61 bits per heavy atom. The highest BCUT2D eigenvalue weighted by atomic mass is 127. The smallest absolute Gasteiger partial charge is 0.161 e. The Morgan fingerprint density at radius 1 is 1.28 bits per heavy atom. The molecule has 0 radical (unpaired) electrons. The summed E-state index contributed by atoms with van der Waals surface area (Å²) in [5.41, 5.74) is 8.24. The molecule has 0 amide bonds. The molecular weight excluding hydrogens is 344 g/mol. The molecular formula is C13H13FIN3. The minimum Gasteiger partial charge on any atom is -0.383 e. The van der Waals surface area contributed by atoms with Gasteiger partial charge in [0.05, 0.1) is 9.26 Å². The Kier molecular flexibility index (Phi) is 3.79. The molecule has 0 aliphatic rings. The number of halogens is 2. The van der Waals surface area contributed by atoms with Crippen LogP contribution < -0.4 is 5.73 Å². The minimum absolute atomic E-state index is 0.288. The van der Waals surface area contributed by atoms with Crippen LogP contribution in [-0.4, -0.2) is 9.97 Å². The van der Waals surface area contributed by atoms with Crippen molar-refractivity contribution >= 4 is 28.4 Å². The van der Waals surface area contributed by atoms with Gasteiger partial charge in [0.1, 0.15) is 11.6 Å². The lowest BCUT2D eigenvalue weighted by atomic mass is 10.1. The van der Waals surface area contributed by atoms with E-state index in [2.05, 4.69) is 32.6 Å². The third kappa shape index (κ3) is 2.60. The van der Waals surface area contributed by atoms with Crippen molar-refractivity contribution in [1.82, 2.24) is 9.97 Å². The molecule has 0 saturated heterocycles. The molecule has 0 aliphatic heterocycles. The summed E-state index contributed by atoms with van der Waals surface area (Å²) in [5.74, 6) is 0.635. The summed E-state index contributed by atoms with van der Waals surface area (Å²) in [4.78, 5) is 8.67. The van der Waals surface area contributed by atoms with Gasteiger partial charge in [-0.2, -0.15) is 0 Å². The van der Waals surface area contributed by atoms with Gasteiger partial charge in [0.25, 0.3) is 0 Å². The number of benzene rings is 1. The van der Waals surface area contributed by atoms with Gasteiger partial charge < -0.3 is 5.73 Å². The number of nitrogens with two attached hydrogens (primary N) is 1. The first kappa shape index (κ1) is 13.2. The van der Waals surface area contributed by atoms with Crippen LogP contribution in [0.5, 0.6) is 0 Å². The topological polar surface area (TPSA) is 51.8 Å². The minimum atomic E-state index is -0.288. The second-order valence-electron chi connectivity index (χ2n) is 4.06. The van der Waals surface area contributed by atoms with Crippen molar-refractivity contribution in [3.05, 3.63) is 38.8 Å². The van der Waals surface area contributed by atoms with Crippen molar-refractivity contribution in [2.24, 2.45) is 0 Å². The van der Waals surface area contributed by atoms with Crippen molar-refractivity contribution in [3.63, 3.8) is 0 Å². The molecule has 0 spiro atoms. The summed E-state index contributed by atoms with van der Waals surface area (Å²) in [5, 5.41) is 0. The molecule has 5 heteroatoms. The van der Waals surface area contributed by atoms with Crippen LogP contribution in [0.4, 0.5) is 10.2 Å². The van der Waals surface area contributed by atoms with Gasteiger partial charge in [0.15, 0.2) is 5.82 Å². The fraction of sp³-hybridized carbons (Fsp3) is 0.231. The molecule has 94 valence electrons. The van der Waals surface area contributed by atoms with E-state index in [-0.39, 0.29) is 5.82 Å². The van der Waals surface area contributed by atoms with Gasteiger partial charge >= 0.3 is 0 Å². The summed E-state index contributed by atoms with van der Waals surface area (Å²) in [6.45, 7) is 3.84. The first-order valence-electron chi connectivity index (χ1n) is 5.60. The summed E-state index contributed by atoms with van der Waals surface area (Å²) in [7, 11) is 0. The van der Waals surface area contributed by atoms with Crippen molar-refractivity contribution in [1.29, 1.82) is 0 Å². The molecule has 0 atom stereocenters. The van der Waals surface area contributed by atoms with E-state index < -0.39 is 0 Å². The van der Waals surface area contributed by atoms with Crippen molar-refractivity contribution in [2.75, 3.05) is 5.73 Å². The monoisotopic (exact) mass is 357 g/mol. The lowest BCUT2D eigenvalue weighted by molar-refractivity contribution is 0.627. The lowest BCUT2D eigenvalue weighted by Gasteiger charge is -2.08. The second kappa shape index (κ2) is 5.17. The molecule has 18 heavy (non-hydrogen) atoms. The number of aryl methyl sites for hydroxylation is 2. The highest BCUT2D eigenvalue weighted by molar-refractivity contribution is 14.1. The maximum Gasteiger partial charge on any atom is 0.161 e. The van der Waals surface area contributed by atoms with Gasteiger partial charge in [0, 0.05) is 5.56 Å². The van der Waals surface area contributed by atoms with Gasteiger partial charge in [-0.15, -0.1) is 0 Å². The van der Waals surface area contributed by atoms with Crippen LogP contribution in [0.15, 0.2) is 18.2 Å². The molecule has 0 fully saturated rings. The first-order chi connectivity index (χ1) is 8.51. The zero-order valence-electron chi connectivity index (χ0n) is 10.2. The predicted octanol–water partition coefficient (Wildman–Crippen LogP) is 3.34. The second-order valence-corrected chi connectivity index (χ2v) is 5.14. The summed E-state index contributed by atoms with van der Waals surface area (Å²) in [6.07, 6.45) is 0.770. The maximum absolute atomic E-state index is 13.4. The fourth-order valence-electron chi connectivity index (χ4n) is 1.74. The molecule has 1 heterocycles. The quantitative estimate of drug-likeness (QED) is 0.839. The molecule has 0 saturated carbocycles. The van der Waals surface area contributed by atoms with E-state index in [0.29, 0.717) is 17.2 Å². The fourth-order valence-corrected chi connectivity index (χ4v) is 2.36. The largest absolute Gasteiger partial charge is 0.383 e. The van der Waals surface area contributed by atoms with Crippen molar-refractivity contribution in [3.8, 4) is 11.4 Å². The Bertz CT molecular complexity index is 579. The zero-order valence-corrected chi connectivity index (χ0v) is 12.3. The SMILES string of the molecule is CCc1nc(-c2cc(C)cc(F)c2)nc(N)c1I. The summed E-state index contributed by atoms with van der Waals surface area (Å²) >= 11 is 2.13. The van der Waals surface area contributed by atoms with E-state index in [1.165, 1.54) is 12.1 Å². The van der Waals surface area contributed by atoms with Crippen molar-refractivity contribution in [2.45, 2.75) is 20.3 Å². The van der Waals surface area contributed by atoms with E-state index >= 15 is 0 Å². The van der Waals surface area contributed by atoms with Crippen LogP contribution in [0.2, 0.25) is 0 Å². The van der Waals surface area contributed by atoms with Gasteiger partial charge in [-0.25, -0.2) is 14.4 Å². The Morgan fingerprint density at radius 2 is 2.00 bits per heavy atom. The Hall–Kier alpha value is -1.24. The van der Waals surface area contributed by atoms with Crippen LogP contribution in [0.25, 0.3) is 11.4 Å². The number of hydrogen-bond acceptors (Lipinski definition) is 3. The first-order valence-corrected chi connectivity index (χ1v) is 6.68. The highest BCUT2D eigenvalue weighted by Gasteiger charge is 2.11. The number of nitrogen functional groups attached to an aromatic ring is 1. The van der Waals surface area contributed by atoms with Crippen molar-refractivity contribution < 1.29 is 4.39 Å². The van der Waals surface area contributed by atoms with Gasteiger partial charge in [-0.3, -0.25) is 0 Å². The predicted molar refractivity (Wildman–Crippen MR) is 78.7 cm³/mol. The summed E-state index contributed by atoms with van der Waals surface area (Å²) < 4.78 is 14.3. The van der Waals surface area contributed by atoms with Crippen LogP contribution in [0.3, 0.4) is 0 Å². The normalized spacial score (nSPS) is 10.7. The number of rotatable bonds is 2. The van der Waals surface area contributed by atoms with Gasteiger partial charge in [0.2, 0.25) is 0 Å². The molecule has 0 aliphatic carbocycles. The van der Waals surface area contributed by atoms with Gasteiger partial charge in [-0.05, 0) is 59.7 Å². The molecule has 0 unspecified atom stereocenters. The number of anilines is 1. The molecule has 1 aromatic heterocycles. The standard InChI is InChI=1S/C13H13FIN3/c1-3-10-11(15)12(16)18-13(17-10)8-4-7(2)5-9(14)6-8/h4-6H,3H2,1-2H3,(H2,16,17,18). The van der Waals surface area contributed by atoms with Crippen LogP contribution >= 0.6 is 22.6 Å². The number of nitrogens with zero attached hydrogens (tertiary/aromatic N) is 2. The Balaban J connectivity index is 2.60. The molecule has 2 rings (SSSR count). The molecule has 0 bridgehead atoms. The third-order valence-corrected chi connectivity index (χ3v) is 3.76. The molecule has 2 N–H and O–H groups in total. The lowest BCUT2D eigenvalue weighted by Crippen LogP contribution is -2.04. The van der Waals surface area contributed by atoms with E-state index in [1.807, 2.05) is 19.9 Å². The average molecular weight is 357 g/mol. The van der Waals surface area contributed by atoms with Crippen LogP contribution in [0.1, 0.15) is 18.2 Å².